The highest BCUT2D eigenvalue weighted by atomic mass is 16.5. The Kier molecular flexibility index (Phi) is 4.60. The highest BCUT2D eigenvalue weighted by Gasteiger charge is 2.27. The quantitative estimate of drug-likeness (QED) is 0.823. The van der Waals surface area contributed by atoms with E-state index in [0.29, 0.717) is 0 Å². The maximum atomic E-state index is 5.42. The summed E-state index contributed by atoms with van der Waals surface area (Å²) in [5, 5.41) is 8.73. The second kappa shape index (κ2) is 6.88. The van der Waals surface area contributed by atoms with Crippen LogP contribution >= 0.6 is 0 Å². The van der Waals surface area contributed by atoms with E-state index in [1.54, 1.807) is 0 Å². The summed E-state index contributed by atoms with van der Waals surface area (Å²) in [6.45, 7) is 9.43. The smallest absolute Gasteiger partial charge is 0.243 e. The van der Waals surface area contributed by atoms with Gasteiger partial charge in [-0.1, -0.05) is 12.1 Å². The highest BCUT2D eigenvalue weighted by Crippen LogP contribution is 2.26. The fraction of sp³-hybridized carbons (Fsp3) is 0.722. The Balaban J connectivity index is 1.35. The van der Waals surface area contributed by atoms with Crippen LogP contribution in [0.3, 0.4) is 0 Å². The maximum Gasteiger partial charge on any atom is 0.243 e. The van der Waals surface area contributed by atoms with Crippen molar-refractivity contribution >= 4 is 0 Å². The number of rotatable bonds is 5. The predicted octanol–water partition coefficient (Wildman–Crippen LogP) is 1.73. The van der Waals surface area contributed by atoms with Gasteiger partial charge < -0.3 is 4.52 Å². The molecule has 7 heteroatoms. The Labute approximate surface area is 149 Å². The molecule has 2 aliphatic rings. The van der Waals surface area contributed by atoms with Gasteiger partial charge in [-0.25, -0.2) is 0 Å². The average molecular weight is 344 g/mol. The Morgan fingerprint density at radius 3 is 2.68 bits per heavy atom. The second-order valence-corrected chi connectivity index (χ2v) is 7.24. The van der Waals surface area contributed by atoms with Gasteiger partial charge in [-0.15, -0.1) is 0 Å². The van der Waals surface area contributed by atoms with Crippen molar-refractivity contribution in [2.24, 2.45) is 7.05 Å². The van der Waals surface area contributed by atoms with Gasteiger partial charge in [0.05, 0.1) is 17.4 Å². The van der Waals surface area contributed by atoms with Crippen molar-refractivity contribution in [1.29, 1.82) is 0 Å². The van der Waals surface area contributed by atoms with E-state index in [9.17, 15) is 0 Å². The number of fused-ring (bicyclic) bond motifs is 1. The van der Waals surface area contributed by atoms with Crippen LogP contribution < -0.4 is 0 Å². The molecule has 0 bridgehead atoms. The fourth-order valence-corrected chi connectivity index (χ4v) is 4.04. The summed E-state index contributed by atoms with van der Waals surface area (Å²) in [4.78, 5) is 9.48. The lowest BCUT2D eigenvalue weighted by atomic mass is 10.1. The van der Waals surface area contributed by atoms with Gasteiger partial charge in [0.1, 0.15) is 0 Å². The number of piperazine rings is 1. The molecule has 1 aliphatic carbocycles. The molecule has 0 spiro atoms. The van der Waals surface area contributed by atoms with Crippen molar-refractivity contribution < 1.29 is 4.52 Å². The van der Waals surface area contributed by atoms with E-state index in [4.69, 9.17) is 9.62 Å². The van der Waals surface area contributed by atoms with Gasteiger partial charge in [-0.05, 0) is 31.7 Å². The van der Waals surface area contributed by atoms with Crippen molar-refractivity contribution in [1.82, 2.24) is 29.7 Å². The van der Waals surface area contributed by atoms with Crippen LogP contribution in [0.15, 0.2) is 4.52 Å². The SMILES string of the molecule is CCc1noc(C(C)N2CCN(Cc3c4c(nn3C)CCC4)CC2)n1. The molecular formula is C18H28N6O. The van der Waals surface area contributed by atoms with Crippen molar-refractivity contribution in [3.05, 3.63) is 28.7 Å². The van der Waals surface area contributed by atoms with Crippen LogP contribution in [0.1, 0.15) is 55.0 Å². The molecular weight excluding hydrogens is 316 g/mol. The highest BCUT2D eigenvalue weighted by molar-refractivity contribution is 5.30. The summed E-state index contributed by atoms with van der Waals surface area (Å²) in [7, 11) is 2.09. The van der Waals surface area contributed by atoms with Crippen LogP contribution in [-0.2, 0) is 32.9 Å². The number of aryl methyl sites for hydroxylation is 3. The molecule has 3 heterocycles. The summed E-state index contributed by atoms with van der Waals surface area (Å²) < 4.78 is 7.52. The molecule has 0 radical (unpaired) electrons. The summed E-state index contributed by atoms with van der Waals surface area (Å²) in [5.74, 6) is 1.54. The van der Waals surface area contributed by atoms with Gasteiger partial charge in [0, 0.05) is 46.2 Å². The molecule has 0 N–H and O–H groups in total. The minimum atomic E-state index is 0.191. The maximum absolute atomic E-state index is 5.42. The van der Waals surface area contributed by atoms with Gasteiger partial charge in [0.2, 0.25) is 5.89 Å². The molecule has 7 nitrogen and oxygen atoms in total. The Hall–Kier alpha value is -1.73. The van der Waals surface area contributed by atoms with Gasteiger partial charge in [0.25, 0.3) is 0 Å². The van der Waals surface area contributed by atoms with Gasteiger partial charge in [-0.3, -0.25) is 14.5 Å². The van der Waals surface area contributed by atoms with Crippen LogP contribution in [0, 0.1) is 0 Å². The third-order valence-electron chi connectivity index (χ3n) is 5.68. The Morgan fingerprint density at radius 2 is 1.96 bits per heavy atom. The number of aromatic nitrogens is 4. The lowest BCUT2D eigenvalue weighted by Gasteiger charge is -2.36. The predicted molar refractivity (Wildman–Crippen MR) is 94.2 cm³/mol. The molecule has 0 amide bonds. The molecule has 0 saturated carbocycles. The van der Waals surface area contributed by atoms with E-state index in [-0.39, 0.29) is 6.04 Å². The van der Waals surface area contributed by atoms with Crippen LogP contribution in [0.5, 0.6) is 0 Å². The standard InChI is InChI=1S/C18H28N6O/c1-4-17-19-18(25-21-17)13(2)24-10-8-23(9-11-24)12-16-14-6-5-7-15(14)20-22(16)3/h13H,4-12H2,1-3H3. The first-order chi connectivity index (χ1) is 12.2. The zero-order chi connectivity index (χ0) is 17.4. The molecule has 1 fully saturated rings. The number of hydrogen-bond acceptors (Lipinski definition) is 6. The minimum absolute atomic E-state index is 0.191. The summed E-state index contributed by atoms with van der Waals surface area (Å²) in [5.41, 5.74) is 4.25. The summed E-state index contributed by atoms with van der Waals surface area (Å²) >= 11 is 0. The van der Waals surface area contributed by atoms with E-state index in [0.717, 1.165) is 57.3 Å². The normalized spacial score (nSPS) is 20.1. The summed E-state index contributed by atoms with van der Waals surface area (Å²) in [6, 6.07) is 0.191. The van der Waals surface area contributed by atoms with Crippen LogP contribution in [-0.4, -0.2) is 55.9 Å². The minimum Gasteiger partial charge on any atom is -0.338 e. The molecule has 0 aromatic carbocycles. The fourth-order valence-electron chi connectivity index (χ4n) is 4.04. The zero-order valence-electron chi connectivity index (χ0n) is 15.5. The monoisotopic (exact) mass is 344 g/mol. The molecule has 1 atom stereocenters. The van der Waals surface area contributed by atoms with E-state index in [1.165, 1.54) is 29.8 Å². The van der Waals surface area contributed by atoms with Gasteiger partial charge in [-0.2, -0.15) is 10.1 Å². The van der Waals surface area contributed by atoms with E-state index < -0.39 is 0 Å². The molecule has 4 rings (SSSR count). The van der Waals surface area contributed by atoms with Crippen LogP contribution in [0.4, 0.5) is 0 Å². The topological polar surface area (TPSA) is 63.2 Å². The Morgan fingerprint density at radius 1 is 1.16 bits per heavy atom. The Bertz CT molecular complexity index is 728. The first kappa shape index (κ1) is 16.7. The number of hydrogen-bond donors (Lipinski definition) is 0. The molecule has 1 saturated heterocycles. The average Bonchev–Trinajstić information content (AvgIpc) is 3.33. The van der Waals surface area contributed by atoms with Crippen molar-refractivity contribution in [2.45, 2.75) is 52.1 Å². The van der Waals surface area contributed by atoms with E-state index in [2.05, 4.69) is 38.6 Å². The third-order valence-corrected chi connectivity index (χ3v) is 5.68. The van der Waals surface area contributed by atoms with Crippen molar-refractivity contribution in [3.8, 4) is 0 Å². The number of nitrogens with zero attached hydrogens (tertiary/aromatic N) is 6. The molecule has 1 aliphatic heterocycles. The second-order valence-electron chi connectivity index (χ2n) is 7.24. The summed E-state index contributed by atoms with van der Waals surface area (Å²) in [6.07, 6.45) is 4.44. The lowest BCUT2D eigenvalue weighted by molar-refractivity contribution is 0.0831. The zero-order valence-corrected chi connectivity index (χ0v) is 15.5. The molecule has 2 aromatic heterocycles. The third kappa shape index (κ3) is 3.22. The van der Waals surface area contributed by atoms with E-state index >= 15 is 0 Å². The molecule has 1 unspecified atom stereocenters. The van der Waals surface area contributed by atoms with Crippen LogP contribution in [0.2, 0.25) is 0 Å². The molecule has 25 heavy (non-hydrogen) atoms. The largest absolute Gasteiger partial charge is 0.338 e. The van der Waals surface area contributed by atoms with Crippen LogP contribution in [0.25, 0.3) is 0 Å². The molecule has 136 valence electrons. The van der Waals surface area contributed by atoms with Gasteiger partial charge >= 0.3 is 0 Å². The van der Waals surface area contributed by atoms with Crippen molar-refractivity contribution in [2.75, 3.05) is 26.2 Å². The van der Waals surface area contributed by atoms with Crippen molar-refractivity contribution in [3.63, 3.8) is 0 Å². The first-order valence-electron chi connectivity index (χ1n) is 9.48. The lowest BCUT2D eigenvalue weighted by Crippen LogP contribution is -2.47. The van der Waals surface area contributed by atoms with Gasteiger partial charge in [0.15, 0.2) is 5.82 Å². The molecule has 2 aromatic rings. The first-order valence-corrected chi connectivity index (χ1v) is 9.48. The van der Waals surface area contributed by atoms with E-state index in [1.807, 2.05) is 6.92 Å².